The molecule has 0 radical (unpaired) electrons. The Kier molecular flexibility index (Phi) is 4.29. The summed E-state index contributed by atoms with van der Waals surface area (Å²) in [6, 6.07) is 0. The Balaban J connectivity index is 2.05. The molecule has 1 spiro atoms. The van der Waals surface area contributed by atoms with Gasteiger partial charge < -0.3 is 5.32 Å². The van der Waals surface area contributed by atoms with Crippen LogP contribution in [0.15, 0.2) is 0 Å². The predicted molar refractivity (Wildman–Crippen MR) is 70.6 cm³/mol. The second-order valence-corrected chi connectivity index (χ2v) is 6.17. The van der Waals surface area contributed by atoms with Gasteiger partial charge in [0.15, 0.2) is 0 Å². The number of nitrogens with one attached hydrogen (secondary N) is 1. The lowest BCUT2D eigenvalue weighted by Gasteiger charge is -2.49. The third-order valence-corrected chi connectivity index (χ3v) is 5.25. The van der Waals surface area contributed by atoms with Crippen LogP contribution < -0.4 is 5.32 Å². The lowest BCUT2D eigenvalue weighted by atomic mass is 9.58. The lowest BCUT2D eigenvalue weighted by Crippen LogP contribution is -2.47. The van der Waals surface area contributed by atoms with Crippen molar-refractivity contribution < 1.29 is 0 Å². The fourth-order valence-corrected chi connectivity index (χ4v) is 4.26. The first-order valence-electron chi connectivity index (χ1n) is 7.51. The molecule has 1 saturated carbocycles. The van der Waals surface area contributed by atoms with Crippen LogP contribution in [0.3, 0.4) is 0 Å². The van der Waals surface area contributed by atoms with E-state index >= 15 is 0 Å². The van der Waals surface area contributed by atoms with Crippen LogP contribution in [0, 0.1) is 17.3 Å². The molecule has 1 aliphatic carbocycles. The molecule has 0 amide bonds. The molecule has 0 aromatic rings. The third kappa shape index (κ3) is 2.45. The van der Waals surface area contributed by atoms with Crippen LogP contribution in [0.1, 0.15) is 65.2 Å². The molecule has 2 aliphatic rings. The maximum absolute atomic E-state index is 3.62. The van der Waals surface area contributed by atoms with Gasteiger partial charge in [-0.05, 0) is 56.0 Å². The zero-order valence-electron chi connectivity index (χ0n) is 11.2. The largest absolute Gasteiger partial charge is 0.316 e. The highest BCUT2D eigenvalue weighted by atomic mass is 14.9. The zero-order chi connectivity index (χ0) is 11.4. The summed E-state index contributed by atoms with van der Waals surface area (Å²) < 4.78 is 0. The van der Waals surface area contributed by atoms with Crippen molar-refractivity contribution in [2.24, 2.45) is 17.3 Å². The van der Waals surface area contributed by atoms with Crippen molar-refractivity contribution in [1.82, 2.24) is 5.32 Å². The normalized spacial score (nSPS) is 40.1. The van der Waals surface area contributed by atoms with E-state index < -0.39 is 0 Å². The molecule has 0 bridgehead atoms. The first kappa shape index (κ1) is 12.4. The fourth-order valence-electron chi connectivity index (χ4n) is 4.26. The summed E-state index contributed by atoms with van der Waals surface area (Å²) in [6.07, 6.45) is 11.7. The van der Waals surface area contributed by atoms with Gasteiger partial charge in [0.1, 0.15) is 0 Å². The Hall–Kier alpha value is -0.0400. The molecule has 1 saturated heterocycles. The van der Waals surface area contributed by atoms with Crippen LogP contribution in [-0.2, 0) is 0 Å². The molecule has 1 N–H and O–H groups in total. The van der Waals surface area contributed by atoms with E-state index in [1.807, 2.05) is 0 Å². The average molecular weight is 223 g/mol. The van der Waals surface area contributed by atoms with Gasteiger partial charge in [-0.3, -0.25) is 0 Å². The first-order chi connectivity index (χ1) is 7.80. The third-order valence-electron chi connectivity index (χ3n) is 5.25. The Bertz CT molecular complexity index is 207. The van der Waals surface area contributed by atoms with Gasteiger partial charge in [-0.25, -0.2) is 0 Å². The Morgan fingerprint density at radius 1 is 1.25 bits per heavy atom. The van der Waals surface area contributed by atoms with Gasteiger partial charge >= 0.3 is 0 Å². The molecule has 3 unspecified atom stereocenters. The summed E-state index contributed by atoms with van der Waals surface area (Å²) in [5.74, 6) is 2.01. The highest BCUT2D eigenvalue weighted by Gasteiger charge is 2.42. The maximum atomic E-state index is 3.62. The van der Waals surface area contributed by atoms with Gasteiger partial charge in [-0.1, -0.05) is 39.5 Å². The number of hydrogen-bond acceptors (Lipinski definition) is 1. The molecule has 0 aromatic carbocycles. The van der Waals surface area contributed by atoms with E-state index in [2.05, 4.69) is 19.2 Å². The second kappa shape index (κ2) is 5.53. The minimum Gasteiger partial charge on any atom is -0.316 e. The zero-order valence-corrected chi connectivity index (χ0v) is 11.2. The molecule has 94 valence electrons. The smallest absolute Gasteiger partial charge is 0.00152 e. The van der Waals surface area contributed by atoms with Crippen molar-refractivity contribution in [3.8, 4) is 0 Å². The molecule has 1 nitrogen and oxygen atoms in total. The molecule has 0 aromatic heterocycles. The van der Waals surface area contributed by atoms with Crippen molar-refractivity contribution in [3.63, 3.8) is 0 Å². The Labute approximate surface area is 101 Å². The SMILES string of the molecule is CCCC1CNCCC12CCCC(CC)C2. The molecule has 2 rings (SSSR count). The summed E-state index contributed by atoms with van der Waals surface area (Å²) in [6.45, 7) is 7.31. The first-order valence-corrected chi connectivity index (χ1v) is 7.51. The molecule has 1 heterocycles. The number of piperidine rings is 1. The van der Waals surface area contributed by atoms with Crippen molar-refractivity contribution in [3.05, 3.63) is 0 Å². The van der Waals surface area contributed by atoms with Crippen molar-refractivity contribution in [2.75, 3.05) is 13.1 Å². The summed E-state index contributed by atoms with van der Waals surface area (Å²) >= 11 is 0. The van der Waals surface area contributed by atoms with Gasteiger partial charge in [0.25, 0.3) is 0 Å². The molecular formula is C15H29N. The van der Waals surface area contributed by atoms with Gasteiger partial charge in [0.2, 0.25) is 0 Å². The second-order valence-electron chi connectivity index (χ2n) is 6.17. The maximum Gasteiger partial charge on any atom is -0.00152 e. The lowest BCUT2D eigenvalue weighted by molar-refractivity contribution is 0.0267. The van der Waals surface area contributed by atoms with Crippen LogP contribution in [-0.4, -0.2) is 13.1 Å². The summed E-state index contributed by atoms with van der Waals surface area (Å²) in [5, 5.41) is 3.62. The minimum absolute atomic E-state index is 0.736. The van der Waals surface area contributed by atoms with Gasteiger partial charge in [0, 0.05) is 0 Å². The van der Waals surface area contributed by atoms with Gasteiger partial charge in [0.05, 0.1) is 0 Å². The molecule has 2 fully saturated rings. The molecule has 1 aliphatic heterocycles. The Morgan fingerprint density at radius 3 is 2.88 bits per heavy atom. The highest BCUT2D eigenvalue weighted by molar-refractivity contribution is 4.95. The quantitative estimate of drug-likeness (QED) is 0.763. The Morgan fingerprint density at radius 2 is 2.12 bits per heavy atom. The molecule has 16 heavy (non-hydrogen) atoms. The minimum atomic E-state index is 0.736. The van der Waals surface area contributed by atoms with Crippen molar-refractivity contribution in [1.29, 1.82) is 0 Å². The molecule has 3 atom stereocenters. The van der Waals surface area contributed by atoms with E-state index in [-0.39, 0.29) is 0 Å². The average Bonchev–Trinajstić information content (AvgIpc) is 2.33. The van der Waals surface area contributed by atoms with Gasteiger partial charge in [-0.2, -0.15) is 0 Å². The highest BCUT2D eigenvalue weighted by Crippen LogP contribution is 2.50. The van der Waals surface area contributed by atoms with E-state index in [0.717, 1.165) is 17.3 Å². The molecule has 1 heteroatoms. The van der Waals surface area contributed by atoms with Crippen LogP contribution in [0.25, 0.3) is 0 Å². The number of hydrogen-bond donors (Lipinski definition) is 1. The molecular weight excluding hydrogens is 194 g/mol. The van der Waals surface area contributed by atoms with Crippen molar-refractivity contribution in [2.45, 2.75) is 65.2 Å². The topological polar surface area (TPSA) is 12.0 Å². The van der Waals surface area contributed by atoms with Crippen LogP contribution in [0.4, 0.5) is 0 Å². The summed E-state index contributed by atoms with van der Waals surface area (Å²) in [4.78, 5) is 0. The summed E-state index contributed by atoms with van der Waals surface area (Å²) in [5.41, 5.74) is 0.736. The van der Waals surface area contributed by atoms with Gasteiger partial charge in [-0.15, -0.1) is 0 Å². The van der Waals surface area contributed by atoms with E-state index in [0.29, 0.717) is 0 Å². The van der Waals surface area contributed by atoms with E-state index in [1.54, 1.807) is 0 Å². The van der Waals surface area contributed by atoms with E-state index in [1.165, 1.54) is 64.5 Å². The van der Waals surface area contributed by atoms with E-state index in [4.69, 9.17) is 0 Å². The standard InChI is InChI=1S/C15H29N/c1-3-6-14-12-16-10-9-15(14)8-5-7-13(4-2)11-15/h13-14,16H,3-12H2,1-2H3. The summed E-state index contributed by atoms with van der Waals surface area (Å²) in [7, 11) is 0. The van der Waals surface area contributed by atoms with Crippen LogP contribution in [0.2, 0.25) is 0 Å². The van der Waals surface area contributed by atoms with Crippen LogP contribution in [0.5, 0.6) is 0 Å². The van der Waals surface area contributed by atoms with Crippen molar-refractivity contribution >= 4 is 0 Å². The van der Waals surface area contributed by atoms with E-state index in [9.17, 15) is 0 Å². The fraction of sp³-hybridized carbons (Fsp3) is 1.00. The van der Waals surface area contributed by atoms with Crippen LogP contribution >= 0.6 is 0 Å². The monoisotopic (exact) mass is 223 g/mol. The number of rotatable bonds is 3. The predicted octanol–water partition coefficient (Wildman–Crippen LogP) is 3.98.